The molecule has 134 valence electrons. The van der Waals surface area contributed by atoms with Crippen LogP contribution >= 0.6 is 0 Å². The van der Waals surface area contributed by atoms with Gasteiger partial charge in [-0.2, -0.15) is 13.5 Å². The van der Waals surface area contributed by atoms with Crippen LogP contribution in [-0.2, 0) is 14.8 Å². The van der Waals surface area contributed by atoms with Gasteiger partial charge in [0.25, 0.3) is 10.0 Å². The zero-order valence-electron chi connectivity index (χ0n) is 13.9. The first-order chi connectivity index (χ1) is 12.3. The summed E-state index contributed by atoms with van der Waals surface area (Å²) in [5, 5.41) is 15.3. The quantitative estimate of drug-likeness (QED) is 0.497. The number of ether oxygens (including phenoxy) is 1. The highest BCUT2D eigenvalue weighted by Gasteiger charge is 2.30. The summed E-state index contributed by atoms with van der Waals surface area (Å²) in [5.41, 5.74) is 0.967. The van der Waals surface area contributed by atoms with Crippen molar-refractivity contribution in [3.05, 3.63) is 59.2 Å². The van der Waals surface area contributed by atoms with Gasteiger partial charge < -0.3 is 9.84 Å². The molecule has 0 aromatic heterocycles. The summed E-state index contributed by atoms with van der Waals surface area (Å²) in [7, 11) is -0.958. The first-order valence-corrected chi connectivity index (χ1v) is 8.91. The number of hydrazone groups is 1. The van der Waals surface area contributed by atoms with Gasteiger partial charge in [-0.25, -0.2) is 9.80 Å². The number of fused-ring (bicyclic) bond motifs is 1. The molecule has 26 heavy (non-hydrogen) atoms. The third-order valence-electron chi connectivity index (χ3n) is 3.74. The molecule has 9 heteroatoms. The van der Waals surface area contributed by atoms with Crippen molar-refractivity contribution in [3.63, 3.8) is 0 Å². The number of methoxy groups -OCH3 is 1. The molecular weight excluding hydrogens is 358 g/mol. The number of phenolic OH excluding ortho intramolecular Hbond substituents is 1. The molecule has 1 N–H and O–H groups in total. The smallest absolute Gasteiger partial charge is 0.337 e. The molecule has 1 aliphatic heterocycles. The third kappa shape index (κ3) is 3.16. The van der Waals surface area contributed by atoms with Crippen molar-refractivity contribution in [2.24, 2.45) is 9.50 Å². The van der Waals surface area contributed by atoms with Crippen molar-refractivity contribution in [1.82, 2.24) is 5.01 Å². The standard InChI is InChI=1S/C17H15N3O5S/c1-20(16-13-5-3-4-6-15(13)26(23,24)19-16)18-10-12-9-11(17(22)25-2)7-8-14(12)21/h3-10,21H,1-2H3. The maximum Gasteiger partial charge on any atom is 0.337 e. The Hall–Kier alpha value is -3.20. The van der Waals surface area contributed by atoms with E-state index in [0.29, 0.717) is 5.56 Å². The highest BCUT2D eigenvalue weighted by atomic mass is 32.2. The van der Waals surface area contributed by atoms with E-state index in [1.54, 1.807) is 18.2 Å². The molecule has 0 fully saturated rings. The zero-order chi connectivity index (χ0) is 18.9. The minimum Gasteiger partial charge on any atom is -0.507 e. The fourth-order valence-electron chi connectivity index (χ4n) is 2.43. The summed E-state index contributed by atoms with van der Waals surface area (Å²) in [6.07, 6.45) is 1.30. The van der Waals surface area contributed by atoms with E-state index in [-0.39, 0.29) is 27.6 Å². The molecule has 3 rings (SSSR count). The highest BCUT2D eigenvalue weighted by Crippen LogP contribution is 2.27. The Balaban J connectivity index is 1.92. The molecule has 0 saturated carbocycles. The Morgan fingerprint density at radius 1 is 1.27 bits per heavy atom. The summed E-state index contributed by atoms with van der Waals surface area (Å²) < 4.78 is 32.6. The van der Waals surface area contributed by atoms with Crippen LogP contribution in [0.3, 0.4) is 0 Å². The van der Waals surface area contributed by atoms with Gasteiger partial charge in [0.05, 0.1) is 18.9 Å². The Bertz CT molecular complexity index is 1040. The van der Waals surface area contributed by atoms with Gasteiger partial charge in [-0.15, -0.1) is 4.40 Å². The number of carbonyl (C=O) groups excluding carboxylic acids is 1. The van der Waals surface area contributed by atoms with Crippen LogP contribution in [0.4, 0.5) is 0 Å². The van der Waals surface area contributed by atoms with Crippen molar-refractivity contribution < 1.29 is 23.1 Å². The molecule has 0 atom stereocenters. The molecule has 0 aliphatic carbocycles. The number of hydrogen-bond donors (Lipinski definition) is 1. The number of phenols is 1. The molecule has 8 nitrogen and oxygen atoms in total. The number of amidine groups is 1. The number of rotatable bonds is 3. The van der Waals surface area contributed by atoms with Crippen molar-refractivity contribution in [1.29, 1.82) is 0 Å². The second-order valence-electron chi connectivity index (χ2n) is 5.42. The van der Waals surface area contributed by atoms with Crippen molar-refractivity contribution in [2.45, 2.75) is 4.90 Å². The topological polar surface area (TPSA) is 109 Å². The fraction of sp³-hybridized carbons (Fsp3) is 0.118. The number of carbonyl (C=O) groups is 1. The Morgan fingerprint density at radius 2 is 2.00 bits per heavy atom. The lowest BCUT2D eigenvalue weighted by Crippen LogP contribution is -2.21. The number of esters is 1. The van der Waals surface area contributed by atoms with Crippen LogP contribution in [0.2, 0.25) is 0 Å². The van der Waals surface area contributed by atoms with E-state index >= 15 is 0 Å². The number of aromatic hydroxyl groups is 1. The predicted molar refractivity (Wildman–Crippen MR) is 95.0 cm³/mol. The van der Waals surface area contributed by atoms with Gasteiger partial charge >= 0.3 is 5.97 Å². The summed E-state index contributed by atoms with van der Waals surface area (Å²) in [4.78, 5) is 11.7. The van der Waals surface area contributed by atoms with Crippen LogP contribution in [0, 0.1) is 0 Å². The lowest BCUT2D eigenvalue weighted by atomic mass is 10.1. The normalized spacial score (nSPS) is 14.8. The highest BCUT2D eigenvalue weighted by molar-refractivity contribution is 7.90. The van der Waals surface area contributed by atoms with Crippen LogP contribution in [-0.4, -0.2) is 50.7 Å². The maximum absolute atomic E-state index is 12.1. The lowest BCUT2D eigenvalue weighted by Gasteiger charge is -2.12. The van der Waals surface area contributed by atoms with Gasteiger partial charge in [-0.1, -0.05) is 12.1 Å². The number of nitrogens with zero attached hydrogens (tertiary/aromatic N) is 3. The maximum atomic E-state index is 12.1. The van der Waals surface area contributed by atoms with Gasteiger partial charge in [0.15, 0.2) is 5.84 Å². The molecule has 0 radical (unpaired) electrons. The molecule has 0 amide bonds. The van der Waals surface area contributed by atoms with E-state index in [4.69, 9.17) is 0 Å². The zero-order valence-corrected chi connectivity index (χ0v) is 14.8. The third-order valence-corrected chi connectivity index (χ3v) is 5.06. The van der Waals surface area contributed by atoms with Gasteiger partial charge in [0.1, 0.15) is 10.6 Å². The Labute approximate surface area is 150 Å². The minimum atomic E-state index is -3.75. The van der Waals surface area contributed by atoms with Crippen molar-refractivity contribution >= 4 is 28.0 Å². The number of hydrogen-bond acceptors (Lipinski definition) is 7. The second kappa shape index (κ2) is 6.60. The lowest BCUT2D eigenvalue weighted by molar-refractivity contribution is 0.0600. The molecule has 0 saturated heterocycles. The molecule has 2 aromatic rings. The van der Waals surface area contributed by atoms with Crippen LogP contribution in [0.1, 0.15) is 21.5 Å². The summed E-state index contributed by atoms with van der Waals surface area (Å²) in [6, 6.07) is 10.6. The first kappa shape index (κ1) is 17.6. The largest absolute Gasteiger partial charge is 0.507 e. The van der Waals surface area contributed by atoms with E-state index in [1.165, 1.54) is 49.6 Å². The van der Waals surface area contributed by atoms with E-state index in [2.05, 4.69) is 14.2 Å². The molecule has 1 heterocycles. The van der Waals surface area contributed by atoms with Crippen molar-refractivity contribution in [3.8, 4) is 5.75 Å². The summed E-state index contributed by atoms with van der Waals surface area (Å²) in [6.45, 7) is 0. The average molecular weight is 373 g/mol. The summed E-state index contributed by atoms with van der Waals surface area (Å²) in [5.74, 6) is -0.468. The Kier molecular flexibility index (Phi) is 4.47. The summed E-state index contributed by atoms with van der Waals surface area (Å²) >= 11 is 0. The average Bonchev–Trinajstić information content (AvgIpc) is 2.92. The Morgan fingerprint density at radius 3 is 2.73 bits per heavy atom. The van der Waals surface area contributed by atoms with E-state index < -0.39 is 16.0 Å². The van der Waals surface area contributed by atoms with Crippen molar-refractivity contribution in [2.75, 3.05) is 14.2 Å². The molecule has 2 aromatic carbocycles. The minimum absolute atomic E-state index is 0.0869. The van der Waals surface area contributed by atoms with Crippen LogP contribution in [0.25, 0.3) is 0 Å². The predicted octanol–water partition coefficient (Wildman–Crippen LogP) is 1.59. The first-order valence-electron chi connectivity index (χ1n) is 7.47. The van der Waals surface area contributed by atoms with Crippen LogP contribution in [0.5, 0.6) is 5.75 Å². The molecule has 0 unspecified atom stereocenters. The number of sulfonamides is 1. The second-order valence-corrected chi connectivity index (χ2v) is 6.99. The molecule has 0 bridgehead atoms. The van der Waals surface area contributed by atoms with Gasteiger partial charge in [0.2, 0.25) is 0 Å². The SMILES string of the molecule is COC(=O)c1ccc(O)c(C=NN(C)C2=NS(=O)(=O)c3ccccc32)c1. The monoisotopic (exact) mass is 373 g/mol. The van der Waals surface area contributed by atoms with E-state index in [0.717, 1.165) is 0 Å². The van der Waals surface area contributed by atoms with Crippen LogP contribution in [0.15, 0.2) is 56.9 Å². The van der Waals surface area contributed by atoms with Gasteiger partial charge in [0, 0.05) is 18.2 Å². The number of benzene rings is 2. The van der Waals surface area contributed by atoms with Gasteiger partial charge in [-0.3, -0.25) is 0 Å². The van der Waals surface area contributed by atoms with Gasteiger partial charge in [-0.05, 0) is 30.3 Å². The molecular formula is C17H15N3O5S. The van der Waals surface area contributed by atoms with Crippen LogP contribution < -0.4 is 0 Å². The molecule has 0 spiro atoms. The van der Waals surface area contributed by atoms with E-state index in [1.807, 2.05) is 0 Å². The molecule has 1 aliphatic rings. The fourth-order valence-corrected chi connectivity index (χ4v) is 3.66. The van der Waals surface area contributed by atoms with E-state index in [9.17, 15) is 18.3 Å².